The molecule has 2 heterocycles. The zero-order chi connectivity index (χ0) is 22.3. The van der Waals surface area contributed by atoms with Crippen LogP contribution in [0.3, 0.4) is 0 Å². The number of amides is 1. The van der Waals surface area contributed by atoms with Crippen molar-refractivity contribution in [3.8, 4) is 0 Å². The summed E-state index contributed by atoms with van der Waals surface area (Å²) in [7, 11) is -2.63. The Morgan fingerprint density at radius 1 is 1.13 bits per heavy atom. The van der Waals surface area contributed by atoms with E-state index in [1.807, 2.05) is 0 Å². The first-order valence-electron chi connectivity index (χ1n) is 10.7. The summed E-state index contributed by atoms with van der Waals surface area (Å²) < 4.78 is 37.5. The number of methoxy groups -OCH3 is 1. The molecule has 2 fully saturated rings. The number of piperidine rings is 1. The minimum Gasteiger partial charge on any atom is -0.465 e. The van der Waals surface area contributed by atoms with Gasteiger partial charge >= 0.3 is 5.97 Å². The van der Waals surface area contributed by atoms with E-state index in [-0.39, 0.29) is 35.4 Å². The molecule has 0 atom stereocenters. The van der Waals surface area contributed by atoms with Gasteiger partial charge < -0.3 is 14.8 Å². The van der Waals surface area contributed by atoms with Gasteiger partial charge in [-0.2, -0.15) is 4.31 Å². The van der Waals surface area contributed by atoms with Gasteiger partial charge in [0.15, 0.2) is 0 Å². The molecule has 1 aromatic carbocycles. The third-order valence-electron chi connectivity index (χ3n) is 5.79. The number of hydrogen-bond donors (Lipinski definition) is 1. The van der Waals surface area contributed by atoms with Crippen molar-refractivity contribution in [3.05, 3.63) is 29.8 Å². The highest BCUT2D eigenvalue weighted by Gasteiger charge is 2.34. The van der Waals surface area contributed by atoms with Gasteiger partial charge in [-0.25, -0.2) is 13.2 Å². The number of ether oxygens (including phenoxy) is 2. The van der Waals surface area contributed by atoms with Crippen LogP contribution in [0.25, 0.3) is 0 Å². The SMILES string of the molecule is COC(=O)c1ccccc1S(=O)(=O)N1CCC(C(=O)NCCCN2CCOCC2)CC1. The Morgan fingerprint density at radius 2 is 1.81 bits per heavy atom. The van der Waals surface area contributed by atoms with Gasteiger partial charge in [-0.15, -0.1) is 0 Å². The minimum absolute atomic E-state index is 0.0186. The van der Waals surface area contributed by atoms with Crippen LogP contribution in [0.2, 0.25) is 0 Å². The number of rotatable bonds is 8. The second kappa shape index (κ2) is 11.0. The molecule has 0 radical (unpaired) electrons. The van der Waals surface area contributed by atoms with Crippen molar-refractivity contribution in [3.63, 3.8) is 0 Å². The first kappa shape index (κ1) is 23.6. The van der Waals surface area contributed by atoms with Crippen LogP contribution in [0, 0.1) is 5.92 Å². The average molecular weight is 454 g/mol. The zero-order valence-corrected chi connectivity index (χ0v) is 18.7. The van der Waals surface area contributed by atoms with E-state index in [1.165, 1.54) is 23.5 Å². The van der Waals surface area contributed by atoms with Gasteiger partial charge in [0, 0.05) is 38.6 Å². The summed E-state index contributed by atoms with van der Waals surface area (Å²) in [6, 6.07) is 6.03. The fourth-order valence-electron chi connectivity index (χ4n) is 3.95. The summed E-state index contributed by atoms with van der Waals surface area (Å²) in [6.45, 7) is 5.41. The first-order chi connectivity index (χ1) is 14.9. The van der Waals surface area contributed by atoms with Crippen LogP contribution < -0.4 is 5.32 Å². The second-order valence-electron chi connectivity index (χ2n) is 7.76. The standard InChI is InChI=1S/C21H31N3O6S/c1-29-21(26)18-5-2-3-6-19(18)31(27,28)24-11-7-17(8-12-24)20(25)22-9-4-10-23-13-15-30-16-14-23/h2-3,5-6,17H,4,7-16H2,1H3,(H,22,25). The van der Waals surface area contributed by atoms with Crippen molar-refractivity contribution in [2.45, 2.75) is 24.2 Å². The highest BCUT2D eigenvalue weighted by molar-refractivity contribution is 7.89. The van der Waals surface area contributed by atoms with E-state index in [9.17, 15) is 18.0 Å². The number of sulfonamides is 1. The lowest BCUT2D eigenvalue weighted by Gasteiger charge is -2.31. The molecule has 0 saturated carbocycles. The van der Waals surface area contributed by atoms with E-state index in [0.29, 0.717) is 19.4 Å². The molecule has 2 aliphatic rings. The van der Waals surface area contributed by atoms with Crippen LogP contribution in [-0.2, 0) is 24.3 Å². The van der Waals surface area contributed by atoms with Gasteiger partial charge in [0.1, 0.15) is 0 Å². The van der Waals surface area contributed by atoms with Gasteiger partial charge in [0.05, 0.1) is 30.8 Å². The van der Waals surface area contributed by atoms with Crippen LogP contribution in [0.5, 0.6) is 0 Å². The minimum atomic E-state index is -3.85. The lowest BCUT2D eigenvalue weighted by molar-refractivity contribution is -0.126. The van der Waals surface area contributed by atoms with Crippen LogP contribution in [0.15, 0.2) is 29.2 Å². The fourth-order valence-corrected chi connectivity index (χ4v) is 5.60. The summed E-state index contributed by atoms with van der Waals surface area (Å²) in [5.74, 6) is -0.912. The van der Waals surface area contributed by atoms with E-state index in [0.717, 1.165) is 39.3 Å². The molecule has 2 aliphatic heterocycles. The molecule has 0 aromatic heterocycles. The quantitative estimate of drug-likeness (QED) is 0.457. The zero-order valence-electron chi connectivity index (χ0n) is 17.9. The lowest BCUT2D eigenvalue weighted by Crippen LogP contribution is -2.43. The maximum Gasteiger partial charge on any atom is 0.339 e. The number of benzene rings is 1. The van der Waals surface area contributed by atoms with E-state index in [1.54, 1.807) is 12.1 Å². The van der Waals surface area contributed by atoms with Crippen LogP contribution in [-0.4, -0.2) is 89.1 Å². The molecular formula is C21H31N3O6S. The summed E-state index contributed by atoms with van der Waals surface area (Å²) >= 11 is 0. The predicted molar refractivity (Wildman–Crippen MR) is 114 cm³/mol. The van der Waals surface area contributed by atoms with E-state index in [4.69, 9.17) is 9.47 Å². The largest absolute Gasteiger partial charge is 0.465 e. The highest BCUT2D eigenvalue weighted by atomic mass is 32.2. The molecule has 1 aromatic rings. The topological polar surface area (TPSA) is 105 Å². The van der Waals surface area contributed by atoms with E-state index >= 15 is 0 Å². The molecule has 1 amide bonds. The second-order valence-corrected chi connectivity index (χ2v) is 9.67. The van der Waals surface area contributed by atoms with E-state index < -0.39 is 16.0 Å². The third kappa shape index (κ3) is 6.03. The molecule has 3 rings (SSSR count). The third-order valence-corrected chi connectivity index (χ3v) is 7.75. The lowest BCUT2D eigenvalue weighted by atomic mass is 9.97. The maximum atomic E-state index is 13.1. The predicted octanol–water partition coefficient (Wildman–Crippen LogP) is 0.712. The Kier molecular flexibility index (Phi) is 8.42. The molecule has 0 aliphatic carbocycles. The van der Waals surface area contributed by atoms with Gasteiger partial charge in [0.2, 0.25) is 15.9 Å². The molecule has 10 heteroatoms. The molecule has 0 unspecified atom stereocenters. The number of morpholine rings is 1. The highest BCUT2D eigenvalue weighted by Crippen LogP contribution is 2.26. The molecule has 0 spiro atoms. The number of carbonyl (C=O) groups is 2. The Balaban J connectivity index is 1.48. The monoisotopic (exact) mass is 453 g/mol. The van der Waals surface area contributed by atoms with Crippen LogP contribution in [0.1, 0.15) is 29.6 Å². The van der Waals surface area contributed by atoms with Crippen LogP contribution in [0.4, 0.5) is 0 Å². The number of nitrogens with zero attached hydrogens (tertiary/aromatic N) is 2. The van der Waals surface area contributed by atoms with Gasteiger partial charge in [0.25, 0.3) is 0 Å². The molecule has 0 bridgehead atoms. The molecule has 172 valence electrons. The van der Waals surface area contributed by atoms with Crippen molar-refractivity contribution in [1.29, 1.82) is 0 Å². The van der Waals surface area contributed by atoms with Crippen molar-refractivity contribution >= 4 is 21.9 Å². The number of hydrogen-bond acceptors (Lipinski definition) is 7. The normalized spacial score (nSPS) is 19.1. The van der Waals surface area contributed by atoms with E-state index in [2.05, 4.69) is 10.2 Å². The molecule has 2 saturated heterocycles. The molecule has 1 N–H and O–H groups in total. The number of nitrogens with one attached hydrogen (secondary N) is 1. The average Bonchev–Trinajstić information content (AvgIpc) is 2.82. The fraction of sp³-hybridized carbons (Fsp3) is 0.619. The van der Waals surface area contributed by atoms with Gasteiger partial charge in [-0.1, -0.05) is 12.1 Å². The van der Waals surface area contributed by atoms with Crippen molar-refractivity contribution in [1.82, 2.24) is 14.5 Å². The van der Waals surface area contributed by atoms with Gasteiger partial charge in [-0.3, -0.25) is 9.69 Å². The molecular weight excluding hydrogens is 422 g/mol. The Morgan fingerprint density at radius 3 is 2.48 bits per heavy atom. The summed E-state index contributed by atoms with van der Waals surface area (Å²) in [4.78, 5) is 26.7. The summed E-state index contributed by atoms with van der Waals surface area (Å²) in [5.41, 5.74) is 0.0186. The first-order valence-corrected chi connectivity index (χ1v) is 12.1. The van der Waals surface area contributed by atoms with Crippen molar-refractivity contribution in [2.24, 2.45) is 5.92 Å². The Bertz CT molecular complexity index is 862. The number of esters is 1. The van der Waals surface area contributed by atoms with Crippen molar-refractivity contribution in [2.75, 3.05) is 59.6 Å². The number of carbonyl (C=O) groups excluding carboxylic acids is 2. The summed E-state index contributed by atoms with van der Waals surface area (Å²) in [5, 5.41) is 2.98. The van der Waals surface area contributed by atoms with Gasteiger partial charge in [-0.05, 0) is 37.9 Å². The van der Waals surface area contributed by atoms with Crippen LogP contribution >= 0.6 is 0 Å². The Labute approximate surface area is 183 Å². The molecule has 31 heavy (non-hydrogen) atoms. The maximum absolute atomic E-state index is 13.1. The van der Waals surface area contributed by atoms with Crippen molar-refractivity contribution < 1.29 is 27.5 Å². The smallest absolute Gasteiger partial charge is 0.339 e. The molecule has 9 nitrogen and oxygen atoms in total. The Hall–Kier alpha value is -2.01. The summed E-state index contributed by atoms with van der Waals surface area (Å²) in [6.07, 6.45) is 1.78.